The molecule has 0 radical (unpaired) electrons. The Kier molecular flexibility index (Phi) is 6.41. The number of rotatable bonds is 8. The van der Waals surface area contributed by atoms with Gasteiger partial charge in [0.05, 0.1) is 26.6 Å². The molecule has 0 saturated carbocycles. The molecule has 2 N–H and O–H groups in total. The highest BCUT2D eigenvalue weighted by Crippen LogP contribution is 2.27. The van der Waals surface area contributed by atoms with Gasteiger partial charge in [0.1, 0.15) is 11.5 Å². The molecule has 0 saturated heterocycles. The van der Waals surface area contributed by atoms with Gasteiger partial charge >= 0.3 is 0 Å². The number of benzene rings is 2. The quantitative estimate of drug-likeness (QED) is 0.627. The first-order chi connectivity index (χ1) is 13.7. The summed E-state index contributed by atoms with van der Waals surface area (Å²) >= 11 is 0. The first-order valence-corrected chi connectivity index (χ1v) is 8.78. The van der Waals surface area contributed by atoms with Crippen LogP contribution in [0.1, 0.15) is 21.6 Å². The van der Waals surface area contributed by atoms with Crippen molar-refractivity contribution in [2.45, 2.75) is 13.1 Å². The minimum atomic E-state index is -0.295. The monoisotopic (exact) mass is 378 g/mol. The van der Waals surface area contributed by atoms with E-state index in [2.05, 4.69) is 20.6 Å². The molecule has 7 nitrogen and oxygen atoms in total. The summed E-state index contributed by atoms with van der Waals surface area (Å²) < 4.78 is 10.5. The van der Waals surface area contributed by atoms with Crippen molar-refractivity contribution >= 4 is 11.7 Å². The molecule has 1 heterocycles. The second-order valence-corrected chi connectivity index (χ2v) is 6.00. The lowest BCUT2D eigenvalue weighted by molar-refractivity contribution is 0.0945. The molecular weight excluding hydrogens is 356 g/mol. The summed E-state index contributed by atoms with van der Waals surface area (Å²) in [5.41, 5.74) is 2.28. The van der Waals surface area contributed by atoms with E-state index in [1.165, 1.54) is 6.20 Å². The van der Waals surface area contributed by atoms with Crippen LogP contribution in [0.3, 0.4) is 0 Å². The molecule has 144 valence electrons. The summed E-state index contributed by atoms with van der Waals surface area (Å²) in [6.07, 6.45) is 3.01. The van der Waals surface area contributed by atoms with Crippen molar-refractivity contribution in [3.8, 4) is 11.5 Å². The normalized spacial score (nSPS) is 10.2. The Bertz CT molecular complexity index is 915. The van der Waals surface area contributed by atoms with Gasteiger partial charge in [-0.2, -0.15) is 0 Å². The molecule has 0 atom stereocenters. The van der Waals surface area contributed by atoms with Crippen LogP contribution < -0.4 is 20.1 Å². The fraction of sp³-hybridized carbons (Fsp3) is 0.190. The summed E-state index contributed by atoms with van der Waals surface area (Å²) in [4.78, 5) is 20.7. The van der Waals surface area contributed by atoms with E-state index in [0.29, 0.717) is 30.4 Å². The summed E-state index contributed by atoms with van der Waals surface area (Å²) in [5, 5.41) is 6.00. The van der Waals surface area contributed by atoms with Crippen LogP contribution in [0.4, 0.5) is 5.82 Å². The van der Waals surface area contributed by atoms with Crippen LogP contribution in [-0.2, 0) is 13.1 Å². The maximum atomic E-state index is 12.3. The van der Waals surface area contributed by atoms with Gasteiger partial charge in [-0.3, -0.25) is 4.79 Å². The second kappa shape index (κ2) is 9.36. The lowest BCUT2D eigenvalue weighted by Gasteiger charge is -2.10. The lowest BCUT2D eigenvalue weighted by atomic mass is 10.2. The fourth-order valence-electron chi connectivity index (χ4n) is 2.59. The van der Waals surface area contributed by atoms with Crippen LogP contribution in [0.2, 0.25) is 0 Å². The lowest BCUT2D eigenvalue weighted by Crippen LogP contribution is -2.24. The van der Waals surface area contributed by atoms with E-state index in [1.54, 1.807) is 26.5 Å². The molecule has 0 unspecified atom stereocenters. The smallest absolute Gasteiger partial charge is 0.271 e. The Balaban J connectivity index is 1.54. The van der Waals surface area contributed by atoms with Gasteiger partial charge in [0, 0.05) is 13.1 Å². The summed E-state index contributed by atoms with van der Waals surface area (Å²) in [5.74, 6) is 1.57. The predicted octanol–water partition coefficient (Wildman–Crippen LogP) is 3.04. The number of hydrogen-bond acceptors (Lipinski definition) is 6. The van der Waals surface area contributed by atoms with Crippen molar-refractivity contribution in [3.05, 3.63) is 77.7 Å². The fourth-order valence-corrected chi connectivity index (χ4v) is 2.59. The molecule has 1 aromatic heterocycles. The molecular formula is C21H22N4O3. The minimum absolute atomic E-state index is 0.255. The van der Waals surface area contributed by atoms with Crippen LogP contribution in [0.25, 0.3) is 0 Å². The van der Waals surface area contributed by atoms with E-state index in [4.69, 9.17) is 9.47 Å². The van der Waals surface area contributed by atoms with Gasteiger partial charge in [-0.15, -0.1) is 0 Å². The molecule has 3 aromatic rings. The highest BCUT2D eigenvalue weighted by Gasteiger charge is 2.09. The maximum absolute atomic E-state index is 12.3. The highest BCUT2D eigenvalue weighted by atomic mass is 16.5. The van der Waals surface area contributed by atoms with Crippen molar-refractivity contribution in [2.24, 2.45) is 0 Å². The summed E-state index contributed by atoms with van der Waals surface area (Å²) in [6.45, 7) is 0.981. The van der Waals surface area contributed by atoms with Crippen LogP contribution in [-0.4, -0.2) is 30.1 Å². The summed E-state index contributed by atoms with van der Waals surface area (Å²) in [6, 6.07) is 15.5. The van der Waals surface area contributed by atoms with E-state index < -0.39 is 0 Å². The Morgan fingerprint density at radius 1 is 0.893 bits per heavy atom. The Labute approximate surface area is 163 Å². The highest BCUT2D eigenvalue weighted by molar-refractivity contribution is 5.91. The minimum Gasteiger partial charge on any atom is -0.493 e. The van der Waals surface area contributed by atoms with Crippen molar-refractivity contribution in [3.63, 3.8) is 0 Å². The van der Waals surface area contributed by atoms with E-state index in [-0.39, 0.29) is 11.6 Å². The van der Waals surface area contributed by atoms with Crippen LogP contribution in [0.15, 0.2) is 60.9 Å². The molecule has 0 fully saturated rings. The zero-order chi connectivity index (χ0) is 19.8. The van der Waals surface area contributed by atoms with Gasteiger partial charge in [0.25, 0.3) is 5.91 Å². The molecule has 0 bridgehead atoms. The average molecular weight is 378 g/mol. The molecule has 28 heavy (non-hydrogen) atoms. The van der Waals surface area contributed by atoms with Crippen LogP contribution >= 0.6 is 0 Å². The Morgan fingerprint density at radius 3 is 2.36 bits per heavy atom. The third kappa shape index (κ3) is 4.97. The van der Waals surface area contributed by atoms with E-state index in [0.717, 1.165) is 11.1 Å². The number of methoxy groups -OCH3 is 2. The number of aromatic nitrogens is 2. The van der Waals surface area contributed by atoms with Gasteiger partial charge in [-0.05, 0) is 23.3 Å². The van der Waals surface area contributed by atoms with Gasteiger partial charge in [0.15, 0.2) is 11.5 Å². The summed E-state index contributed by atoms with van der Waals surface area (Å²) in [7, 11) is 3.15. The van der Waals surface area contributed by atoms with Crippen LogP contribution in [0, 0.1) is 0 Å². The first-order valence-electron chi connectivity index (χ1n) is 8.78. The number of carbonyl (C=O) groups excluding carboxylic acids is 1. The van der Waals surface area contributed by atoms with Crippen LogP contribution in [0.5, 0.6) is 11.5 Å². The maximum Gasteiger partial charge on any atom is 0.271 e. The third-order valence-electron chi connectivity index (χ3n) is 4.10. The number of nitrogens with zero attached hydrogens (tertiary/aromatic N) is 2. The zero-order valence-electron chi connectivity index (χ0n) is 15.8. The number of ether oxygens (including phenoxy) is 2. The SMILES string of the molecule is COc1ccc(CNC(=O)c2cnc(NCc3ccccc3)cn2)cc1OC. The van der Waals surface area contributed by atoms with E-state index >= 15 is 0 Å². The molecule has 3 rings (SSSR count). The largest absolute Gasteiger partial charge is 0.493 e. The molecule has 1 amide bonds. The van der Waals surface area contributed by atoms with E-state index in [1.807, 2.05) is 42.5 Å². The Morgan fingerprint density at radius 2 is 1.68 bits per heavy atom. The molecule has 2 aromatic carbocycles. The average Bonchev–Trinajstić information content (AvgIpc) is 2.76. The standard InChI is InChI=1S/C21H22N4O3/c1-27-18-9-8-16(10-19(18)28-2)12-25-21(26)17-13-24-20(14-22-17)23-11-15-6-4-3-5-7-15/h3-10,13-14H,11-12H2,1-2H3,(H,23,24)(H,25,26). The van der Waals surface area contributed by atoms with Gasteiger partial charge < -0.3 is 20.1 Å². The first kappa shape index (κ1) is 19.2. The number of amides is 1. The number of hydrogen-bond donors (Lipinski definition) is 2. The van der Waals surface area contributed by atoms with Crippen molar-refractivity contribution in [1.29, 1.82) is 0 Å². The van der Waals surface area contributed by atoms with Gasteiger partial charge in [-0.25, -0.2) is 9.97 Å². The molecule has 0 spiro atoms. The van der Waals surface area contributed by atoms with Gasteiger partial charge in [0.2, 0.25) is 0 Å². The van der Waals surface area contributed by atoms with Crippen molar-refractivity contribution in [2.75, 3.05) is 19.5 Å². The number of carbonyl (C=O) groups is 1. The molecule has 0 aliphatic carbocycles. The topological polar surface area (TPSA) is 85.4 Å². The molecule has 7 heteroatoms. The third-order valence-corrected chi connectivity index (χ3v) is 4.10. The predicted molar refractivity (Wildman–Crippen MR) is 107 cm³/mol. The number of anilines is 1. The van der Waals surface area contributed by atoms with Crippen molar-refractivity contribution in [1.82, 2.24) is 15.3 Å². The molecule has 0 aliphatic rings. The van der Waals surface area contributed by atoms with Gasteiger partial charge in [-0.1, -0.05) is 36.4 Å². The van der Waals surface area contributed by atoms with Crippen molar-refractivity contribution < 1.29 is 14.3 Å². The zero-order valence-corrected chi connectivity index (χ0v) is 15.8. The number of nitrogens with one attached hydrogen (secondary N) is 2. The molecule has 0 aliphatic heterocycles. The van der Waals surface area contributed by atoms with E-state index in [9.17, 15) is 4.79 Å². The second-order valence-electron chi connectivity index (χ2n) is 6.00. The Hall–Kier alpha value is -3.61.